The molecule has 0 unspecified atom stereocenters. The molecule has 0 radical (unpaired) electrons. The van der Waals surface area contributed by atoms with Gasteiger partial charge in [0.1, 0.15) is 0 Å². The second kappa shape index (κ2) is 6.21. The van der Waals surface area contributed by atoms with Gasteiger partial charge in [0.2, 0.25) is 0 Å². The molecule has 0 spiro atoms. The molecule has 0 heterocycles. The lowest BCUT2D eigenvalue weighted by atomic mass is 10.2. The van der Waals surface area contributed by atoms with Crippen molar-refractivity contribution in [1.29, 1.82) is 0 Å². The van der Waals surface area contributed by atoms with Crippen molar-refractivity contribution in [3.8, 4) is 0 Å². The Hall–Kier alpha value is -2.33. The highest BCUT2D eigenvalue weighted by Gasteiger charge is 2.17. The van der Waals surface area contributed by atoms with Crippen molar-refractivity contribution in [3.63, 3.8) is 0 Å². The minimum Gasteiger partial charge on any atom is -0.333 e. The Morgan fingerprint density at radius 3 is 2.15 bits per heavy atom. The van der Waals surface area contributed by atoms with Gasteiger partial charge in [-0.3, -0.25) is 4.79 Å². The van der Waals surface area contributed by atoms with E-state index >= 15 is 0 Å². The van der Waals surface area contributed by atoms with Gasteiger partial charge >= 0.3 is 5.97 Å². The second-order valence-corrected chi connectivity index (χ2v) is 4.49. The van der Waals surface area contributed by atoms with Crippen LogP contribution in [-0.4, -0.2) is 24.0 Å². The maximum Gasteiger partial charge on any atom is 0.363 e. The molecule has 0 aromatic heterocycles. The minimum absolute atomic E-state index is 0.378. The highest BCUT2D eigenvalue weighted by atomic mass is 35.5. The predicted octanol–water partition coefficient (Wildman–Crippen LogP) is 3.18. The number of carbonyl (C=O) groups excluding carboxylic acids is 2. The zero-order valence-corrected chi connectivity index (χ0v) is 11.5. The first-order chi connectivity index (χ1) is 9.58. The van der Waals surface area contributed by atoms with Crippen LogP contribution in [0.15, 0.2) is 54.6 Å². The van der Waals surface area contributed by atoms with Crippen LogP contribution in [0.25, 0.3) is 0 Å². The van der Waals surface area contributed by atoms with Crippen LogP contribution in [0.4, 0.5) is 0 Å². The summed E-state index contributed by atoms with van der Waals surface area (Å²) in [4.78, 5) is 28.8. The van der Waals surface area contributed by atoms with Gasteiger partial charge < -0.3 is 4.84 Å². The van der Waals surface area contributed by atoms with Gasteiger partial charge in [0.15, 0.2) is 0 Å². The summed E-state index contributed by atoms with van der Waals surface area (Å²) in [6.07, 6.45) is 0. The highest BCUT2D eigenvalue weighted by Crippen LogP contribution is 2.12. The van der Waals surface area contributed by atoms with Crippen LogP contribution in [0.2, 0.25) is 5.02 Å². The lowest BCUT2D eigenvalue weighted by molar-refractivity contribution is -0.0658. The molecule has 0 aliphatic heterocycles. The first-order valence-corrected chi connectivity index (χ1v) is 6.26. The lowest BCUT2D eigenvalue weighted by Gasteiger charge is -2.16. The molecule has 0 atom stereocenters. The summed E-state index contributed by atoms with van der Waals surface area (Å²) in [5.74, 6) is -1.01. The van der Waals surface area contributed by atoms with E-state index < -0.39 is 11.9 Å². The number of hydrogen-bond donors (Lipinski definition) is 0. The molecular formula is C15H12ClNO3. The smallest absolute Gasteiger partial charge is 0.333 e. The van der Waals surface area contributed by atoms with E-state index in [9.17, 15) is 9.59 Å². The van der Waals surface area contributed by atoms with Crippen molar-refractivity contribution in [3.05, 3.63) is 70.7 Å². The molecule has 2 aromatic rings. The average Bonchev–Trinajstić information content (AvgIpc) is 2.48. The first-order valence-electron chi connectivity index (χ1n) is 5.89. The zero-order valence-electron chi connectivity index (χ0n) is 10.7. The predicted molar refractivity (Wildman–Crippen MR) is 75.4 cm³/mol. The third kappa shape index (κ3) is 3.36. The molecule has 0 saturated heterocycles. The molecule has 0 aliphatic rings. The largest absolute Gasteiger partial charge is 0.363 e. The molecular weight excluding hydrogens is 278 g/mol. The van der Waals surface area contributed by atoms with Crippen LogP contribution < -0.4 is 0 Å². The van der Waals surface area contributed by atoms with Crippen LogP contribution >= 0.6 is 11.6 Å². The molecule has 0 fully saturated rings. The van der Waals surface area contributed by atoms with Crippen molar-refractivity contribution in [1.82, 2.24) is 5.06 Å². The van der Waals surface area contributed by atoms with Gasteiger partial charge in [0, 0.05) is 17.6 Å². The Kier molecular flexibility index (Phi) is 4.38. The van der Waals surface area contributed by atoms with Crippen LogP contribution in [0.1, 0.15) is 20.7 Å². The number of nitrogens with zero attached hydrogens (tertiary/aromatic N) is 1. The molecule has 2 aromatic carbocycles. The van der Waals surface area contributed by atoms with Crippen molar-refractivity contribution >= 4 is 23.5 Å². The third-order valence-corrected chi connectivity index (χ3v) is 2.86. The summed E-state index contributed by atoms with van der Waals surface area (Å²) < 4.78 is 0. The first kappa shape index (κ1) is 14.1. The lowest BCUT2D eigenvalue weighted by Crippen LogP contribution is -2.29. The Bertz CT molecular complexity index is 611. The summed E-state index contributed by atoms with van der Waals surface area (Å²) in [5, 5.41) is 1.43. The average molecular weight is 290 g/mol. The van der Waals surface area contributed by atoms with Crippen LogP contribution in [0.5, 0.6) is 0 Å². The second-order valence-electron chi connectivity index (χ2n) is 4.05. The molecule has 4 nitrogen and oxygen atoms in total. The SMILES string of the molecule is CN(OC(=O)c1ccccc1)C(=O)c1ccc(Cl)cc1. The highest BCUT2D eigenvalue weighted by molar-refractivity contribution is 6.30. The van der Waals surface area contributed by atoms with Gasteiger partial charge in [0.25, 0.3) is 5.91 Å². The van der Waals surface area contributed by atoms with E-state index in [1.165, 1.54) is 7.05 Å². The monoisotopic (exact) mass is 289 g/mol. The molecule has 1 amide bonds. The number of hydrogen-bond acceptors (Lipinski definition) is 3. The molecule has 2 rings (SSSR count). The topological polar surface area (TPSA) is 46.6 Å². The maximum absolute atomic E-state index is 12.0. The van der Waals surface area contributed by atoms with E-state index in [1.807, 2.05) is 0 Å². The van der Waals surface area contributed by atoms with E-state index in [4.69, 9.17) is 16.4 Å². The maximum atomic E-state index is 12.0. The minimum atomic E-state index is -0.588. The molecule has 0 aliphatic carbocycles. The van der Waals surface area contributed by atoms with Crippen molar-refractivity contribution in [2.45, 2.75) is 0 Å². The number of carbonyl (C=O) groups is 2. The van der Waals surface area contributed by atoms with E-state index in [2.05, 4.69) is 0 Å². The summed E-state index contributed by atoms with van der Waals surface area (Å²) in [7, 11) is 1.39. The van der Waals surface area contributed by atoms with E-state index in [0.29, 0.717) is 16.1 Å². The number of amides is 1. The van der Waals surface area contributed by atoms with Crippen LogP contribution in [0, 0.1) is 0 Å². The molecule has 5 heteroatoms. The summed E-state index contributed by atoms with van der Waals surface area (Å²) in [5.41, 5.74) is 0.765. The Balaban J connectivity index is 2.05. The molecule has 0 bridgehead atoms. The van der Waals surface area contributed by atoms with Gasteiger partial charge in [-0.1, -0.05) is 29.8 Å². The van der Waals surface area contributed by atoms with Crippen LogP contribution in [-0.2, 0) is 4.84 Å². The number of hydroxylamine groups is 2. The van der Waals surface area contributed by atoms with E-state index in [0.717, 1.165) is 5.06 Å². The summed E-state index contributed by atoms with van der Waals surface area (Å²) in [6.45, 7) is 0. The van der Waals surface area contributed by atoms with E-state index in [-0.39, 0.29) is 0 Å². The Morgan fingerprint density at radius 1 is 0.950 bits per heavy atom. The number of rotatable bonds is 2. The fraction of sp³-hybridized carbons (Fsp3) is 0.0667. The number of halogens is 1. The van der Waals surface area contributed by atoms with Crippen molar-refractivity contribution in [2.75, 3.05) is 7.05 Å². The van der Waals surface area contributed by atoms with Gasteiger partial charge in [-0.25, -0.2) is 4.79 Å². The molecule has 102 valence electrons. The Labute approximate surface area is 121 Å². The van der Waals surface area contributed by atoms with Gasteiger partial charge in [-0.05, 0) is 36.4 Å². The summed E-state index contributed by atoms with van der Waals surface area (Å²) in [6, 6.07) is 14.8. The fourth-order valence-corrected chi connectivity index (χ4v) is 1.69. The van der Waals surface area contributed by atoms with Gasteiger partial charge in [-0.2, -0.15) is 5.06 Å². The third-order valence-electron chi connectivity index (χ3n) is 2.61. The normalized spacial score (nSPS) is 9.90. The molecule has 0 N–H and O–H groups in total. The number of benzene rings is 2. The van der Waals surface area contributed by atoms with E-state index in [1.54, 1.807) is 54.6 Å². The van der Waals surface area contributed by atoms with Gasteiger partial charge in [-0.15, -0.1) is 0 Å². The van der Waals surface area contributed by atoms with Crippen molar-refractivity contribution < 1.29 is 14.4 Å². The quantitative estimate of drug-likeness (QED) is 0.798. The zero-order chi connectivity index (χ0) is 14.5. The molecule has 20 heavy (non-hydrogen) atoms. The van der Waals surface area contributed by atoms with Crippen molar-refractivity contribution in [2.24, 2.45) is 0 Å². The fourth-order valence-electron chi connectivity index (χ4n) is 1.57. The molecule has 0 saturated carbocycles. The van der Waals surface area contributed by atoms with Gasteiger partial charge in [0.05, 0.1) is 5.56 Å². The summed E-state index contributed by atoms with van der Waals surface area (Å²) >= 11 is 5.75. The standard InChI is InChI=1S/C15H12ClNO3/c1-17(14(18)11-7-9-13(16)10-8-11)20-15(19)12-5-3-2-4-6-12/h2-10H,1H3. The Morgan fingerprint density at radius 2 is 1.55 bits per heavy atom. The van der Waals surface area contributed by atoms with Crippen LogP contribution in [0.3, 0.4) is 0 Å².